The van der Waals surface area contributed by atoms with E-state index in [1.165, 1.54) is 0 Å². The highest BCUT2D eigenvalue weighted by Crippen LogP contribution is 2.22. The van der Waals surface area contributed by atoms with Crippen LogP contribution in [0, 0.1) is 0 Å². The molecule has 0 atom stereocenters. The van der Waals surface area contributed by atoms with Crippen LogP contribution < -0.4 is 15.4 Å². The van der Waals surface area contributed by atoms with Crippen molar-refractivity contribution in [1.82, 2.24) is 15.5 Å². The molecule has 160 valence electrons. The number of para-hydroxylation sites is 1. The summed E-state index contributed by atoms with van der Waals surface area (Å²) < 4.78 is 42.1. The lowest BCUT2D eigenvalue weighted by Gasteiger charge is -2.32. The van der Waals surface area contributed by atoms with Crippen LogP contribution in [0.25, 0.3) is 0 Å². The first-order chi connectivity index (χ1) is 12.9. The van der Waals surface area contributed by atoms with Gasteiger partial charge in [-0.1, -0.05) is 25.1 Å². The van der Waals surface area contributed by atoms with Crippen LogP contribution in [0.5, 0.6) is 5.75 Å². The standard InChI is InChI=1S/C19H29F3N4O.HI/c1-3-10-26-11-8-16(9-12-26)25-18(23-2)24-13-15-6-4-5-7-17(15)27-14-19(20,21)22;/h4-7,16H,3,8-14H2,1-2H3,(H2,23,24,25);1H. The van der Waals surface area contributed by atoms with Crippen molar-refractivity contribution in [1.29, 1.82) is 0 Å². The van der Waals surface area contributed by atoms with Crippen LogP contribution in [0.4, 0.5) is 13.2 Å². The molecule has 1 aliphatic heterocycles. The van der Waals surface area contributed by atoms with Crippen LogP contribution in [0.2, 0.25) is 0 Å². The number of nitrogens with one attached hydrogen (secondary N) is 2. The van der Waals surface area contributed by atoms with Crippen LogP contribution in [-0.2, 0) is 6.54 Å². The predicted molar refractivity (Wildman–Crippen MR) is 116 cm³/mol. The van der Waals surface area contributed by atoms with E-state index in [0.29, 0.717) is 24.1 Å². The van der Waals surface area contributed by atoms with Gasteiger partial charge in [0, 0.05) is 38.3 Å². The average molecular weight is 514 g/mol. The monoisotopic (exact) mass is 514 g/mol. The Bertz CT molecular complexity index is 605. The van der Waals surface area contributed by atoms with Gasteiger partial charge in [-0.15, -0.1) is 24.0 Å². The minimum Gasteiger partial charge on any atom is -0.484 e. The molecule has 0 unspecified atom stereocenters. The quantitative estimate of drug-likeness (QED) is 0.331. The number of rotatable bonds is 7. The van der Waals surface area contributed by atoms with Gasteiger partial charge in [0.05, 0.1) is 0 Å². The molecule has 0 aromatic heterocycles. The number of guanidine groups is 1. The molecule has 1 aromatic rings. The first-order valence-electron chi connectivity index (χ1n) is 9.38. The SMILES string of the molecule is CCCN1CCC(NC(=NC)NCc2ccccc2OCC(F)(F)F)CC1.I. The second-order valence-electron chi connectivity index (χ2n) is 6.70. The maximum Gasteiger partial charge on any atom is 0.422 e. The third-order valence-electron chi connectivity index (χ3n) is 4.50. The summed E-state index contributed by atoms with van der Waals surface area (Å²) in [6.07, 6.45) is -1.10. The Balaban J connectivity index is 0.00000392. The van der Waals surface area contributed by atoms with Crippen molar-refractivity contribution >= 4 is 29.9 Å². The van der Waals surface area contributed by atoms with E-state index < -0.39 is 12.8 Å². The van der Waals surface area contributed by atoms with E-state index in [1.54, 1.807) is 31.3 Å². The summed E-state index contributed by atoms with van der Waals surface area (Å²) in [7, 11) is 1.69. The van der Waals surface area contributed by atoms with Crippen LogP contribution in [0.3, 0.4) is 0 Å². The van der Waals surface area contributed by atoms with E-state index in [-0.39, 0.29) is 29.7 Å². The van der Waals surface area contributed by atoms with Crippen molar-refractivity contribution in [2.75, 3.05) is 33.3 Å². The topological polar surface area (TPSA) is 48.9 Å². The summed E-state index contributed by atoms with van der Waals surface area (Å²) in [5.74, 6) is 0.875. The molecular weight excluding hydrogens is 484 g/mol. The second kappa shape index (κ2) is 12.4. The van der Waals surface area contributed by atoms with Gasteiger partial charge in [-0.3, -0.25) is 4.99 Å². The van der Waals surface area contributed by atoms with Crippen molar-refractivity contribution in [2.45, 2.75) is 44.9 Å². The average Bonchev–Trinajstić information content (AvgIpc) is 2.65. The van der Waals surface area contributed by atoms with Crippen LogP contribution in [-0.4, -0.2) is 56.4 Å². The molecule has 0 amide bonds. The zero-order valence-electron chi connectivity index (χ0n) is 16.4. The molecule has 1 heterocycles. The van der Waals surface area contributed by atoms with Gasteiger partial charge in [0.15, 0.2) is 12.6 Å². The van der Waals surface area contributed by atoms with E-state index in [9.17, 15) is 13.2 Å². The van der Waals surface area contributed by atoms with Gasteiger partial charge >= 0.3 is 6.18 Å². The number of nitrogens with zero attached hydrogens (tertiary/aromatic N) is 2. The summed E-state index contributed by atoms with van der Waals surface area (Å²) in [5.41, 5.74) is 0.655. The Morgan fingerprint density at radius 2 is 1.93 bits per heavy atom. The summed E-state index contributed by atoms with van der Waals surface area (Å²) in [4.78, 5) is 6.69. The van der Waals surface area contributed by atoms with E-state index in [0.717, 1.165) is 38.9 Å². The first kappa shape index (κ1) is 24.8. The van der Waals surface area contributed by atoms with E-state index in [2.05, 4.69) is 27.4 Å². The Morgan fingerprint density at radius 1 is 1.25 bits per heavy atom. The van der Waals surface area contributed by atoms with Gasteiger partial charge < -0.3 is 20.3 Å². The molecule has 0 saturated carbocycles. The lowest BCUT2D eigenvalue weighted by Crippen LogP contribution is -2.48. The van der Waals surface area contributed by atoms with Gasteiger partial charge in [0.2, 0.25) is 0 Å². The molecule has 2 N–H and O–H groups in total. The zero-order chi connectivity index (χ0) is 19.7. The molecular formula is C19H30F3IN4O. The maximum atomic E-state index is 12.4. The molecule has 0 radical (unpaired) electrons. The smallest absolute Gasteiger partial charge is 0.422 e. The van der Waals surface area contributed by atoms with E-state index in [1.807, 2.05) is 0 Å². The highest BCUT2D eigenvalue weighted by Gasteiger charge is 2.28. The van der Waals surface area contributed by atoms with Gasteiger partial charge in [-0.05, 0) is 31.9 Å². The number of benzene rings is 1. The van der Waals surface area contributed by atoms with Crippen LogP contribution in [0.1, 0.15) is 31.7 Å². The van der Waals surface area contributed by atoms with Crippen LogP contribution >= 0.6 is 24.0 Å². The summed E-state index contributed by atoms with van der Waals surface area (Å²) in [5, 5.41) is 6.58. The van der Waals surface area contributed by atoms with Crippen molar-refractivity contribution in [3.05, 3.63) is 29.8 Å². The number of hydrogen-bond acceptors (Lipinski definition) is 3. The van der Waals surface area contributed by atoms with Gasteiger partial charge in [-0.25, -0.2) is 0 Å². The number of halogens is 4. The molecule has 1 fully saturated rings. The zero-order valence-corrected chi connectivity index (χ0v) is 18.7. The Hall–Kier alpha value is -1.23. The minimum absolute atomic E-state index is 0. The number of piperidine rings is 1. The number of hydrogen-bond donors (Lipinski definition) is 2. The number of aliphatic imine (C=N–C) groups is 1. The summed E-state index contributed by atoms with van der Waals surface area (Å²) in [6.45, 7) is 4.49. The molecule has 1 saturated heterocycles. The highest BCUT2D eigenvalue weighted by molar-refractivity contribution is 14.0. The fraction of sp³-hybridized carbons (Fsp3) is 0.632. The molecule has 5 nitrogen and oxygen atoms in total. The largest absolute Gasteiger partial charge is 0.484 e. The number of alkyl halides is 3. The van der Waals surface area contributed by atoms with Crippen molar-refractivity contribution in [3.63, 3.8) is 0 Å². The minimum atomic E-state index is -4.36. The summed E-state index contributed by atoms with van der Waals surface area (Å²) in [6, 6.07) is 7.07. The summed E-state index contributed by atoms with van der Waals surface area (Å²) >= 11 is 0. The van der Waals surface area contributed by atoms with Crippen molar-refractivity contribution < 1.29 is 17.9 Å². The third kappa shape index (κ3) is 8.85. The fourth-order valence-electron chi connectivity index (χ4n) is 3.13. The van der Waals surface area contributed by atoms with E-state index in [4.69, 9.17) is 4.74 Å². The lowest BCUT2D eigenvalue weighted by atomic mass is 10.1. The van der Waals surface area contributed by atoms with Crippen molar-refractivity contribution in [2.24, 2.45) is 4.99 Å². The molecule has 1 aromatic carbocycles. The number of ether oxygens (including phenoxy) is 1. The molecule has 2 rings (SSSR count). The molecule has 0 bridgehead atoms. The maximum absolute atomic E-state index is 12.4. The molecule has 0 aliphatic carbocycles. The van der Waals surface area contributed by atoms with Gasteiger partial charge in [-0.2, -0.15) is 13.2 Å². The second-order valence-corrected chi connectivity index (χ2v) is 6.70. The van der Waals surface area contributed by atoms with Crippen molar-refractivity contribution in [3.8, 4) is 5.75 Å². The molecule has 0 spiro atoms. The Kier molecular flexibility index (Phi) is 10.9. The predicted octanol–water partition coefficient (Wildman–Crippen LogP) is 3.79. The molecule has 28 heavy (non-hydrogen) atoms. The lowest BCUT2D eigenvalue weighted by molar-refractivity contribution is -0.153. The van der Waals surface area contributed by atoms with E-state index >= 15 is 0 Å². The van der Waals surface area contributed by atoms with Gasteiger partial charge in [0.25, 0.3) is 0 Å². The first-order valence-corrected chi connectivity index (χ1v) is 9.38. The normalized spacial score (nSPS) is 16.4. The van der Waals surface area contributed by atoms with Gasteiger partial charge in [0.1, 0.15) is 5.75 Å². The van der Waals surface area contributed by atoms with Crippen LogP contribution in [0.15, 0.2) is 29.3 Å². The Morgan fingerprint density at radius 3 is 2.54 bits per heavy atom. The molecule has 1 aliphatic rings. The Labute approximate surface area is 182 Å². The fourth-order valence-corrected chi connectivity index (χ4v) is 3.13. The number of likely N-dealkylation sites (tertiary alicyclic amines) is 1. The third-order valence-corrected chi connectivity index (χ3v) is 4.50. The highest BCUT2D eigenvalue weighted by atomic mass is 127. The molecule has 9 heteroatoms.